The molecule has 3 heteroatoms. The molecule has 2 aromatic rings. The van der Waals surface area contributed by atoms with E-state index in [-0.39, 0.29) is 0 Å². The highest BCUT2D eigenvalue weighted by Crippen LogP contribution is 2.21. The van der Waals surface area contributed by atoms with Crippen LogP contribution in [0.25, 0.3) is 10.9 Å². The van der Waals surface area contributed by atoms with Gasteiger partial charge in [-0.1, -0.05) is 18.2 Å². The Morgan fingerprint density at radius 3 is 2.88 bits per heavy atom. The van der Waals surface area contributed by atoms with E-state index in [0.717, 1.165) is 19.5 Å². The van der Waals surface area contributed by atoms with Gasteiger partial charge in [-0.3, -0.25) is 0 Å². The fourth-order valence-electron chi connectivity index (χ4n) is 2.06. The summed E-state index contributed by atoms with van der Waals surface area (Å²) < 4.78 is 0. The number of hydrogen-bond acceptors (Lipinski definition) is 1. The molecule has 0 aliphatic rings. The molecule has 2 N–H and O–H groups in total. The number of para-hydroxylation sites is 1. The molecule has 0 fully saturated rings. The molecular formula is C13H17ClN2. The van der Waals surface area contributed by atoms with Gasteiger partial charge in [-0.25, -0.2) is 0 Å². The van der Waals surface area contributed by atoms with Crippen molar-refractivity contribution in [2.24, 2.45) is 0 Å². The lowest BCUT2D eigenvalue weighted by molar-refractivity contribution is 0.719. The van der Waals surface area contributed by atoms with Gasteiger partial charge in [0.25, 0.3) is 0 Å². The molecule has 0 aliphatic carbocycles. The fourth-order valence-corrected chi connectivity index (χ4v) is 2.20. The van der Waals surface area contributed by atoms with Crippen LogP contribution in [0.5, 0.6) is 0 Å². The van der Waals surface area contributed by atoms with Crippen molar-refractivity contribution in [2.75, 3.05) is 19.0 Å². The van der Waals surface area contributed by atoms with Crippen LogP contribution in [0.1, 0.15) is 11.3 Å². The largest absolute Gasteiger partial charge is 0.358 e. The molecule has 0 radical (unpaired) electrons. The lowest BCUT2D eigenvalue weighted by Gasteiger charge is -2.03. The number of rotatable bonds is 5. The molecular weight excluding hydrogens is 220 g/mol. The predicted octanol–water partition coefficient (Wildman–Crippen LogP) is 2.85. The second-order valence-corrected chi connectivity index (χ2v) is 4.34. The van der Waals surface area contributed by atoms with Crippen LogP contribution in [0, 0.1) is 6.92 Å². The number of hydrogen-bond donors (Lipinski definition) is 2. The number of aryl methyl sites for hydroxylation is 1. The molecule has 0 saturated carbocycles. The molecule has 1 heterocycles. The minimum absolute atomic E-state index is 0.673. The van der Waals surface area contributed by atoms with Gasteiger partial charge in [-0.05, 0) is 31.5 Å². The first-order chi connectivity index (χ1) is 7.83. The maximum absolute atomic E-state index is 5.62. The minimum Gasteiger partial charge on any atom is -0.358 e. The average Bonchev–Trinajstić information content (AvgIpc) is 2.61. The highest BCUT2D eigenvalue weighted by molar-refractivity contribution is 6.18. The normalized spacial score (nSPS) is 11.1. The summed E-state index contributed by atoms with van der Waals surface area (Å²) in [4.78, 5) is 3.41. The third-order valence-corrected chi connectivity index (χ3v) is 3.04. The Morgan fingerprint density at radius 1 is 1.25 bits per heavy atom. The van der Waals surface area contributed by atoms with Crippen molar-refractivity contribution in [2.45, 2.75) is 13.3 Å². The highest BCUT2D eigenvalue weighted by atomic mass is 35.5. The number of aromatic amines is 1. The standard InChI is InChI=1S/C13H17ClN2/c1-10-11(6-8-15-9-7-14)12-4-2-3-5-13(12)16-10/h2-5,15-16H,6-9H2,1H3. The van der Waals surface area contributed by atoms with E-state index in [1.54, 1.807) is 0 Å². The smallest absolute Gasteiger partial charge is 0.0458 e. The fraction of sp³-hybridized carbons (Fsp3) is 0.385. The maximum atomic E-state index is 5.62. The Morgan fingerprint density at radius 2 is 2.06 bits per heavy atom. The molecule has 0 amide bonds. The molecule has 2 rings (SSSR count). The van der Waals surface area contributed by atoms with Gasteiger partial charge in [-0.2, -0.15) is 0 Å². The Kier molecular flexibility index (Phi) is 3.86. The van der Waals surface area contributed by atoms with Crippen LogP contribution in [0.15, 0.2) is 24.3 Å². The van der Waals surface area contributed by atoms with Crippen LogP contribution >= 0.6 is 11.6 Å². The van der Waals surface area contributed by atoms with E-state index >= 15 is 0 Å². The van der Waals surface area contributed by atoms with Gasteiger partial charge in [0, 0.05) is 29.0 Å². The number of halogens is 1. The van der Waals surface area contributed by atoms with Gasteiger partial charge in [0.1, 0.15) is 0 Å². The van der Waals surface area contributed by atoms with Gasteiger partial charge in [-0.15, -0.1) is 11.6 Å². The molecule has 0 spiro atoms. The summed E-state index contributed by atoms with van der Waals surface area (Å²) in [5.74, 6) is 0.673. The van der Waals surface area contributed by atoms with Crippen LogP contribution in [0.4, 0.5) is 0 Å². The van der Waals surface area contributed by atoms with Gasteiger partial charge in [0.05, 0.1) is 0 Å². The minimum atomic E-state index is 0.673. The lowest BCUT2D eigenvalue weighted by Crippen LogP contribution is -2.19. The second kappa shape index (κ2) is 5.37. The third-order valence-electron chi connectivity index (χ3n) is 2.85. The van der Waals surface area contributed by atoms with E-state index in [1.807, 2.05) is 0 Å². The quantitative estimate of drug-likeness (QED) is 0.607. The lowest BCUT2D eigenvalue weighted by atomic mass is 10.1. The first kappa shape index (κ1) is 11.5. The monoisotopic (exact) mass is 236 g/mol. The molecule has 1 aromatic carbocycles. The van der Waals surface area contributed by atoms with Crippen molar-refractivity contribution in [1.82, 2.24) is 10.3 Å². The highest BCUT2D eigenvalue weighted by Gasteiger charge is 2.06. The molecule has 0 aliphatic heterocycles. The van der Waals surface area contributed by atoms with Crippen molar-refractivity contribution >= 4 is 22.5 Å². The van der Waals surface area contributed by atoms with E-state index in [2.05, 4.69) is 41.5 Å². The molecule has 0 saturated heterocycles. The number of alkyl halides is 1. The predicted molar refractivity (Wildman–Crippen MR) is 70.3 cm³/mol. The zero-order valence-electron chi connectivity index (χ0n) is 9.52. The topological polar surface area (TPSA) is 27.8 Å². The summed E-state index contributed by atoms with van der Waals surface area (Å²) in [6.45, 7) is 4.00. The number of H-pyrrole nitrogens is 1. The number of aromatic nitrogens is 1. The SMILES string of the molecule is Cc1[nH]c2ccccc2c1CCNCCCl. The Hall–Kier alpha value is -0.990. The van der Waals surface area contributed by atoms with Crippen molar-refractivity contribution in [3.05, 3.63) is 35.5 Å². The number of benzene rings is 1. The number of nitrogens with one attached hydrogen (secondary N) is 2. The second-order valence-electron chi connectivity index (χ2n) is 3.96. The van der Waals surface area contributed by atoms with Crippen LogP contribution in [0.3, 0.4) is 0 Å². The molecule has 1 aromatic heterocycles. The van der Waals surface area contributed by atoms with Gasteiger partial charge in [0.15, 0.2) is 0 Å². The third kappa shape index (κ3) is 2.39. The Labute approximate surface area is 101 Å². The summed E-state index contributed by atoms with van der Waals surface area (Å²) in [6.07, 6.45) is 1.05. The van der Waals surface area contributed by atoms with E-state index in [1.165, 1.54) is 22.2 Å². The molecule has 86 valence electrons. The van der Waals surface area contributed by atoms with Crippen molar-refractivity contribution < 1.29 is 0 Å². The summed E-state index contributed by atoms with van der Waals surface area (Å²) in [6, 6.07) is 8.45. The summed E-state index contributed by atoms with van der Waals surface area (Å²) in [5.41, 5.74) is 3.92. The van der Waals surface area contributed by atoms with Gasteiger partial charge >= 0.3 is 0 Å². The Bertz CT molecular complexity index is 462. The van der Waals surface area contributed by atoms with Crippen LogP contribution < -0.4 is 5.32 Å². The van der Waals surface area contributed by atoms with Crippen molar-refractivity contribution in [1.29, 1.82) is 0 Å². The van der Waals surface area contributed by atoms with Gasteiger partial charge in [0.2, 0.25) is 0 Å². The number of fused-ring (bicyclic) bond motifs is 1. The molecule has 16 heavy (non-hydrogen) atoms. The van der Waals surface area contributed by atoms with Gasteiger partial charge < -0.3 is 10.3 Å². The molecule has 0 atom stereocenters. The molecule has 0 unspecified atom stereocenters. The zero-order valence-corrected chi connectivity index (χ0v) is 10.3. The van der Waals surface area contributed by atoms with Crippen LogP contribution in [-0.2, 0) is 6.42 Å². The van der Waals surface area contributed by atoms with E-state index in [4.69, 9.17) is 11.6 Å². The van der Waals surface area contributed by atoms with E-state index in [0.29, 0.717) is 5.88 Å². The van der Waals surface area contributed by atoms with Crippen molar-refractivity contribution in [3.8, 4) is 0 Å². The summed E-state index contributed by atoms with van der Waals surface area (Å²) >= 11 is 5.62. The summed E-state index contributed by atoms with van der Waals surface area (Å²) in [5, 5.41) is 4.66. The van der Waals surface area contributed by atoms with Crippen LogP contribution in [0.2, 0.25) is 0 Å². The van der Waals surface area contributed by atoms with E-state index in [9.17, 15) is 0 Å². The first-order valence-electron chi connectivity index (χ1n) is 5.66. The van der Waals surface area contributed by atoms with E-state index < -0.39 is 0 Å². The first-order valence-corrected chi connectivity index (χ1v) is 6.19. The maximum Gasteiger partial charge on any atom is 0.0458 e. The summed E-state index contributed by atoms with van der Waals surface area (Å²) in [7, 11) is 0. The van der Waals surface area contributed by atoms with Crippen LogP contribution in [-0.4, -0.2) is 24.0 Å². The average molecular weight is 237 g/mol. The Balaban J connectivity index is 2.13. The van der Waals surface area contributed by atoms with Crippen molar-refractivity contribution in [3.63, 3.8) is 0 Å². The zero-order chi connectivity index (χ0) is 11.4. The molecule has 2 nitrogen and oxygen atoms in total. The molecule has 0 bridgehead atoms.